The van der Waals surface area contributed by atoms with Crippen LogP contribution in [0, 0.1) is 5.92 Å². The number of esters is 2. The van der Waals surface area contributed by atoms with Crippen molar-refractivity contribution >= 4 is 11.9 Å². The van der Waals surface area contributed by atoms with Crippen LogP contribution in [0.15, 0.2) is 36.4 Å². The van der Waals surface area contributed by atoms with Gasteiger partial charge >= 0.3 is 11.9 Å². The highest BCUT2D eigenvalue weighted by atomic mass is 16.6. The summed E-state index contributed by atoms with van der Waals surface area (Å²) in [4.78, 5) is 23.8. The summed E-state index contributed by atoms with van der Waals surface area (Å²) in [6.07, 6.45) is 0.453. The van der Waals surface area contributed by atoms with E-state index in [-0.39, 0.29) is 18.0 Å². The minimum Gasteiger partial charge on any atom is -0.486 e. The van der Waals surface area contributed by atoms with Crippen LogP contribution < -0.4 is 9.47 Å². The number of carbonyl (C=O) groups is 2. The number of fused-ring (bicyclic) bond motifs is 1. The summed E-state index contributed by atoms with van der Waals surface area (Å²) in [5.74, 6) is 0.557. The Hall–Kier alpha value is -3.06. The van der Waals surface area contributed by atoms with Gasteiger partial charge in [-0.1, -0.05) is 45.0 Å². The molecule has 1 saturated heterocycles. The van der Waals surface area contributed by atoms with Gasteiger partial charge in [0.25, 0.3) is 0 Å². The molecule has 0 unspecified atom stereocenters. The molecule has 36 heavy (non-hydrogen) atoms. The van der Waals surface area contributed by atoms with Crippen molar-refractivity contribution in [2.24, 2.45) is 5.92 Å². The van der Waals surface area contributed by atoms with Gasteiger partial charge < -0.3 is 23.7 Å². The molecule has 2 heterocycles. The van der Waals surface area contributed by atoms with E-state index in [1.807, 2.05) is 26.0 Å². The second-order valence-corrected chi connectivity index (χ2v) is 9.55. The van der Waals surface area contributed by atoms with E-state index >= 15 is 0 Å². The number of hydrogen-bond donors (Lipinski definition) is 0. The van der Waals surface area contributed by atoms with Crippen molar-refractivity contribution in [3.8, 4) is 11.5 Å². The number of rotatable bonds is 7. The van der Waals surface area contributed by atoms with Crippen molar-refractivity contribution < 1.29 is 33.3 Å². The van der Waals surface area contributed by atoms with Crippen molar-refractivity contribution in [3.05, 3.63) is 58.7 Å². The van der Waals surface area contributed by atoms with E-state index in [1.54, 1.807) is 0 Å². The van der Waals surface area contributed by atoms with Crippen molar-refractivity contribution in [1.29, 1.82) is 0 Å². The van der Waals surface area contributed by atoms with Crippen molar-refractivity contribution in [2.75, 3.05) is 13.2 Å². The van der Waals surface area contributed by atoms with Crippen LogP contribution in [0.1, 0.15) is 69.4 Å². The van der Waals surface area contributed by atoms with Crippen LogP contribution >= 0.6 is 0 Å². The zero-order chi connectivity index (χ0) is 25.8. The van der Waals surface area contributed by atoms with Gasteiger partial charge in [0.2, 0.25) is 0 Å². The highest BCUT2D eigenvalue weighted by molar-refractivity contribution is 5.67. The van der Waals surface area contributed by atoms with Gasteiger partial charge in [0.1, 0.15) is 31.5 Å². The lowest BCUT2D eigenvalue weighted by Crippen LogP contribution is -2.52. The molecule has 5 atom stereocenters. The third-order valence-corrected chi connectivity index (χ3v) is 6.97. The predicted molar refractivity (Wildman–Crippen MR) is 134 cm³/mol. The maximum Gasteiger partial charge on any atom is 0.303 e. The van der Waals surface area contributed by atoms with E-state index in [1.165, 1.54) is 25.0 Å². The molecule has 0 radical (unpaired) electrons. The zero-order valence-corrected chi connectivity index (χ0v) is 21.7. The SMILES string of the molecule is CCc1ccc([C@@H]2O[C@H](CC)[C@@H](OC(C)=O)[C@H](C)[C@H]2OC(C)=O)cc1Cc1ccc2c(c1)OCCO2. The fraction of sp³-hybridized carbons (Fsp3) is 0.517. The van der Waals surface area contributed by atoms with Gasteiger partial charge in [0.05, 0.1) is 6.10 Å². The van der Waals surface area contributed by atoms with Gasteiger partial charge in [-0.2, -0.15) is 0 Å². The first-order valence-electron chi connectivity index (χ1n) is 12.8. The van der Waals surface area contributed by atoms with Crippen LogP contribution in [-0.2, 0) is 36.6 Å². The van der Waals surface area contributed by atoms with Gasteiger partial charge in [-0.15, -0.1) is 0 Å². The summed E-state index contributed by atoms with van der Waals surface area (Å²) in [5, 5.41) is 0. The van der Waals surface area contributed by atoms with Gasteiger partial charge in [0, 0.05) is 19.8 Å². The minimum atomic E-state index is -0.579. The molecule has 194 valence electrons. The van der Waals surface area contributed by atoms with Crippen LogP contribution in [0.3, 0.4) is 0 Å². The van der Waals surface area contributed by atoms with Gasteiger partial charge in [-0.25, -0.2) is 0 Å². The Morgan fingerprint density at radius 1 is 0.889 bits per heavy atom. The molecule has 0 aromatic heterocycles. The van der Waals surface area contributed by atoms with Crippen LogP contribution in [-0.4, -0.2) is 43.5 Å². The largest absolute Gasteiger partial charge is 0.486 e. The van der Waals surface area contributed by atoms with E-state index in [0.29, 0.717) is 19.6 Å². The predicted octanol–water partition coefficient (Wildman–Crippen LogP) is 4.96. The molecule has 2 aromatic carbocycles. The average Bonchev–Trinajstić information content (AvgIpc) is 2.86. The fourth-order valence-corrected chi connectivity index (χ4v) is 5.23. The molecule has 0 spiro atoms. The molecule has 0 bridgehead atoms. The lowest BCUT2D eigenvalue weighted by atomic mass is 9.83. The smallest absolute Gasteiger partial charge is 0.303 e. The Kier molecular flexibility index (Phi) is 8.19. The maximum atomic E-state index is 12.0. The molecule has 7 nitrogen and oxygen atoms in total. The first-order valence-corrected chi connectivity index (χ1v) is 12.8. The van der Waals surface area contributed by atoms with E-state index in [0.717, 1.165) is 35.5 Å². The normalized spacial score (nSPS) is 25.2. The Labute approximate surface area is 213 Å². The van der Waals surface area contributed by atoms with E-state index in [4.69, 9.17) is 23.7 Å². The molecule has 2 aliphatic heterocycles. The number of hydrogen-bond acceptors (Lipinski definition) is 7. The molecule has 7 heteroatoms. The van der Waals surface area contributed by atoms with Crippen molar-refractivity contribution in [1.82, 2.24) is 0 Å². The van der Waals surface area contributed by atoms with E-state index < -0.39 is 24.3 Å². The van der Waals surface area contributed by atoms with Crippen LogP contribution in [0.2, 0.25) is 0 Å². The summed E-state index contributed by atoms with van der Waals surface area (Å²) < 4.78 is 29.3. The molecular weight excluding hydrogens is 460 g/mol. The van der Waals surface area contributed by atoms with Crippen molar-refractivity contribution in [2.45, 2.75) is 78.3 Å². The monoisotopic (exact) mass is 496 g/mol. The molecule has 0 amide bonds. The third kappa shape index (κ3) is 5.67. The number of ether oxygens (including phenoxy) is 5. The second-order valence-electron chi connectivity index (χ2n) is 9.55. The first kappa shape index (κ1) is 26.0. The summed E-state index contributed by atoms with van der Waals surface area (Å²) >= 11 is 0. The lowest BCUT2D eigenvalue weighted by Gasteiger charge is -2.44. The molecule has 0 N–H and O–H groups in total. The van der Waals surface area contributed by atoms with Gasteiger partial charge in [-0.05, 0) is 53.6 Å². The second kappa shape index (κ2) is 11.3. The van der Waals surface area contributed by atoms with Gasteiger partial charge in [0.15, 0.2) is 11.5 Å². The molecule has 1 fully saturated rings. The lowest BCUT2D eigenvalue weighted by molar-refractivity contribution is -0.223. The molecule has 0 aliphatic carbocycles. The maximum absolute atomic E-state index is 12.0. The number of aryl methyl sites for hydroxylation is 1. The van der Waals surface area contributed by atoms with Crippen molar-refractivity contribution in [3.63, 3.8) is 0 Å². The molecule has 2 aromatic rings. The molecule has 0 saturated carbocycles. The number of benzene rings is 2. The van der Waals surface area contributed by atoms with Crippen LogP contribution in [0.4, 0.5) is 0 Å². The van der Waals surface area contributed by atoms with Crippen LogP contribution in [0.5, 0.6) is 11.5 Å². The Balaban J connectivity index is 1.66. The Morgan fingerprint density at radius 2 is 1.58 bits per heavy atom. The standard InChI is InChI=1S/C29H36O7/c1-6-21-9-10-22(16-23(21)14-20-8-11-25-26(15-20)33-13-12-32-25)29-28(35-19(5)31)17(3)27(34-18(4)30)24(7-2)36-29/h8-11,15-17,24,27-29H,6-7,12-14H2,1-5H3/t17-,24+,27-,28+,29-/m0/s1. The van der Waals surface area contributed by atoms with E-state index in [2.05, 4.69) is 31.2 Å². The summed E-state index contributed by atoms with van der Waals surface area (Å²) in [5.41, 5.74) is 4.49. The highest BCUT2D eigenvalue weighted by Crippen LogP contribution is 2.41. The van der Waals surface area contributed by atoms with E-state index in [9.17, 15) is 9.59 Å². The molecule has 2 aliphatic rings. The summed E-state index contributed by atoms with van der Waals surface area (Å²) in [7, 11) is 0. The first-order chi connectivity index (χ1) is 17.3. The fourth-order valence-electron chi connectivity index (χ4n) is 5.23. The number of carbonyl (C=O) groups excluding carboxylic acids is 2. The minimum absolute atomic E-state index is 0.228. The Morgan fingerprint density at radius 3 is 2.25 bits per heavy atom. The summed E-state index contributed by atoms with van der Waals surface area (Å²) in [6, 6.07) is 12.4. The third-order valence-electron chi connectivity index (χ3n) is 6.97. The Bertz CT molecular complexity index is 1100. The summed E-state index contributed by atoms with van der Waals surface area (Å²) in [6.45, 7) is 9.99. The quantitative estimate of drug-likeness (QED) is 0.501. The molecule has 4 rings (SSSR count). The highest BCUT2D eigenvalue weighted by Gasteiger charge is 2.47. The molecular formula is C29H36O7. The average molecular weight is 497 g/mol. The topological polar surface area (TPSA) is 80.3 Å². The zero-order valence-electron chi connectivity index (χ0n) is 21.7. The van der Waals surface area contributed by atoms with Gasteiger partial charge in [-0.3, -0.25) is 9.59 Å². The van der Waals surface area contributed by atoms with Crippen LogP contribution in [0.25, 0.3) is 0 Å².